The number of amides is 1. The highest BCUT2D eigenvalue weighted by Crippen LogP contribution is 2.20. The first-order chi connectivity index (χ1) is 11.3. The highest BCUT2D eigenvalue weighted by atomic mass is 32.2. The van der Waals surface area contributed by atoms with Crippen LogP contribution in [-0.4, -0.2) is 79.9 Å². The maximum Gasteiger partial charge on any atom is 0.407 e. The third kappa shape index (κ3) is 10.0. The van der Waals surface area contributed by atoms with Gasteiger partial charge in [0.25, 0.3) is 10.1 Å². The van der Waals surface area contributed by atoms with Gasteiger partial charge in [0, 0.05) is 25.8 Å². The molecule has 1 fully saturated rings. The highest BCUT2D eigenvalue weighted by molar-refractivity contribution is 7.85. The van der Waals surface area contributed by atoms with E-state index in [-0.39, 0.29) is 32.8 Å². The molecule has 3 atom stereocenters. The number of alkyl carbamates (subject to hydrolysis) is 1. The maximum absolute atomic E-state index is 11.3. The number of hydrogen-bond acceptors (Lipinski definition) is 8. The summed E-state index contributed by atoms with van der Waals surface area (Å²) in [7, 11) is -4.02. The van der Waals surface area contributed by atoms with Gasteiger partial charge in [-0.05, 0) is 6.42 Å². The van der Waals surface area contributed by atoms with Gasteiger partial charge in [-0.1, -0.05) is 0 Å². The number of carbonyl (C=O) groups excluding carboxylic acids is 1. The van der Waals surface area contributed by atoms with Gasteiger partial charge in [0.05, 0.1) is 37.8 Å². The van der Waals surface area contributed by atoms with Crippen molar-refractivity contribution in [1.82, 2.24) is 5.32 Å². The zero-order valence-electron chi connectivity index (χ0n) is 13.3. The molecule has 10 nitrogen and oxygen atoms in total. The summed E-state index contributed by atoms with van der Waals surface area (Å²) < 4.78 is 45.1. The molecule has 1 aliphatic rings. The van der Waals surface area contributed by atoms with Gasteiger partial charge in [0.15, 0.2) is 6.29 Å². The second-order valence-corrected chi connectivity index (χ2v) is 6.99. The van der Waals surface area contributed by atoms with E-state index in [1.807, 2.05) is 0 Å². The Balaban J connectivity index is 2.02. The Morgan fingerprint density at radius 2 is 2.00 bits per heavy atom. The second kappa shape index (κ2) is 10.8. The fraction of sp³-hybridized carbons (Fsp3) is 0.923. The van der Waals surface area contributed by atoms with Crippen LogP contribution in [0.3, 0.4) is 0 Å². The minimum Gasteiger partial charge on any atom is -0.449 e. The van der Waals surface area contributed by atoms with Crippen LogP contribution in [0.4, 0.5) is 4.79 Å². The number of aliphatic hydroxyl groups is 2. The van der Waals surface area contributed by atoms with Crippen molar-refractivity contribution in [1.29, 1.82) is 0 Å². The lowest BCUT2D eigenvalue weighted by Crippen LogP contribution is -2.39. The molecule has 142 valence electrons. The molecule has 1 saturated heterocycles. The largest absolute Gasteiger partial charge is 0.449 e. The Kier molecular flexibility index (Phi) is 9.48. The van der Waals surface area contributed by atoms with Crippen molar-refractivity contribution in [2.75, 3.05) is 32.1 Å². The lowest BCUT2D eigenvalue weighted by atomic mass is 10.1. The minimum absolute atomic E-state index is 0.0749. The fourth-order valence-electron chi connectivity index (χ4n) is 2.11. The lowest BCUT2D eigenvalue weighted by Gasteiger charge is -2.31. The third-order valence-electron chi connectivity index (χ3n) is 3.22. The van der Waals surface area contributed by atoms with Crippen LogP contribution in [0.1, 0.15) is 25.7 Å². The van der Waals surface area contributed by atoms with Crippen molar-refractivity contribution in [2.45, 2.75) is 44.2 Å². The molecule has 1 aliphatic heterocycles. The van der Waals surface area contributed by atoms with Gasteiger partial charge in [-0.3, -0.25) is 4.55 Å². The average Bonchev–Trinajstić information content (AvgIpc) is 2.49. The lowest BCUT2D eigenvalue weighted by molar-refractivity contribution is -0.222. The van der Waals surface area contributed by atoms with E-state index < -0.39 is 40.5 Å². The SMILES string of the molecule is O=C(NCCCS(=O)(=O)O)OCCCO[C@H]1C[C@@H](O)C[C@@H](CO)O1. The van der Waals surface area contributed by atoms with E-state index in [1.165, 1.54) is 0 Å². The molecular weight excluding hydrogens is 346 g/mol. The molecule has 0 unspecified atom stereocenters. The van der Waals surface area contributed by atoms with Crippen molar-refractivity contribution in [3.8, 4) is 0 Å². The van der Waals surface area contributed by atoms with E-state index in [1.54, 1.807) is 0 Å². The molecule has 0 aliphatic carbocycles. The number of rotatable bonds is 10. The quantitative estimate of drug-likeness (QED) is 0.287. The summed E-state index contributed by atoms with van der Waals surface area (Å²) in [5.74, 6) is -0.427. The van der Waals surface area contributed by atoms with Crippen LogP contribution in [0, 0.1) is 0 Å². The first-order valence-electron chi connectivity index (χ1n) is 7.72. The van der Waals surface area contributed by atoms with Gasteiger partial charge in [0.1, 0.15) is 0 Å². The average molecular weight is 371 g/mol. The van der Waals surface area contributed by atoms with Crippen LogP contribution in [0.5, 0.6) is 0 Å². The van der Waals surface area contributed by atoms with Crippen molar-refractivity contribution in [3.63, 3.8) is 0 Å². The molecular formula is C13H25NO9S. The summed E-state index contributed by atoms with van der Waals surface area (Å²) in [4.78, 5) is 11.3. The minimum atomic E-state index is -4.02. The fourth-order valence-corrected chi connectivity index (χ4v) is 2.62. The Labute approximate surface area is 140 Å². The molecule has 0 spiro atoms. The zero-order valence-corrected chi connectivity index (χ0v) is 14.1. The van der Waals surface area contributed by atoms with E-state index >= 15 is 0 Å². The van der Waals surface area contributed by atoms with E-state index in [4.69, 9.17) is 23.9 Å². The molecule has 0 bridgehead atoms. The summed E-state index contributed by atoms with van der Waals surface area (Å²) in [6.07, 6.45) is -1.10. The number of ether oxygens (including phenoxy) is 3. The molecule has 1 amide bonds. The summed E-state index contributed by atoms with van der Waals surface area (Å²) in [6.45, 7) is 0.248. The Morgan fingerprint density at radius 3 is 2.67 bits per heavy atom. The second-order valence-electron chi connectivity index (χ2n) is 5.42. The molecule has 0 saturated carbocycles. The van der Waals surface area contributed by atoms with E-state index in [9.17, 15) is 18.3 Å². The van der Waals surface area contributed by atoms with Crippen molar-refractivity contribution in [2.24, 2.45) is 0 Å². The van der Waals surface area contributed by atoms with Crippen molar-refractivity contribution in [3.05, 3.63) is 0 Å². The molecule has 0 aromatic carbocycles. The molecule has 24 heavy (non-hydrogen) atoms. The van der Waals surface area contributed by atoms with Crippen LogP contribution in [0.15, 0.2) is 0 Å². The van der Waals surface area contributed by atoms with Gasteiger partial charge in [-0.25, -0.2) is 4.79 Å². The van der Waals surface area contributed by atoms with Gasteiger partial charge in [0.2, 0.25) is 0 Å². The zero-order chi connectivity index (χ0) is 18.0. The number of nitrogens with one attached hydrogen (secondary N) is 1. The standard InChI is InChI=1S/C13H25NO9S/c15-9-11-7-10(16)8-12(23-11)21-4-2-5-22-13(17)14-3-1-6-24(18,19)20/h10-12,15-16H,1-9H2,(H,14,17)(H,18,19,20)/t10-,11-,12+/m0/s1. The highest BCUT2D eigenvalue weighted by Gasteiger charge is 2.28. The summed E-state index contributed by atoms with van der Waals surface area (Å²) >= 11 is 0. The molecule has 11 heteroatoms. The molecule has 0 radical (unpaired) electrons. The first-order valence-corrected chi connectivity index (χ1v) is 9.33. The third-order valence-corrected chi connectivity index (χ3v) is 4.03. The predicted molar refractivity (Wildman–Crippen MR) is 81.9 cm³/mol. The maximum atomic E-state index is 11.3. The van der Waals surface area contributed by atoms with Crippen molar-refractivity contribution < 1.29 is 42.2 Å². The molecule has 1 rings (SSSR count). The van der Waals surface area contributed by atoms with Gasteiger partial charge >= 0.3 is 6.09 Å². The van der Waals surface area contributed by atoms with Gasteiger partial charge in [-0.15, -0.1) is 0 Å². The summed E-state index contributed by atoms with van der Waals surface area (Å²) in [6, 6.07) is 0. The summed E-state index contributed by atoms with van der Waals surface area (Å²) in [5.41, 5.74) is 0. The van der Waals surface area contributed by atoms with Crippen LogP contribution < -0.4 is 5.32 Å². The Morgan fingerprint density at radius 1 is 1.25 bits per heavy atom. The normalized spacial score (nSPS) is 24.5. The monoisotopic (exact) mass is 371 g/mol. The van der Waals surface area contributed by atoms with Crippen LogP contribution in [0.2, 0.25) is 0 Å². The molecule has 4 N–H and O–H groups in total. The molecule has 0 aromatic rings. The Bertz CT molecular complexity index is 470. The van der Waals surface area contributed by atoms with Crippen LogP contribution in [0.25, 0.3) is 0 Å². The smallest absolute Gasteiger partial charge is 0.407 e. The number of hydrogen-bond donors (Lipinski definition) is 4. The van der Waals surface area contributed by atoms with E-state index in [0.717, 1.165) is 0 Å². The van der Waals surface area contributed by atoms with Crippen LogP contribution in [-0.2, 0) is 24.3 Å². The number of carbonyl (C=O) groups is 1. The van der Waals surface area contributed by atoms with E-state index in [0.29, 0.717) is 19.3 Å². The van der Waals surface area contributed by atoms with Crippen molar-refractivity contribution >= 4 is 16.2 Å². The Hall–Kier alpha value is -0.980. The predicted octanol–water partition coefficient (Wildman–Crippen LogP) is -0.744. The molecule has 0 aromatic heterocycles. The topological polar surface area (TPSA) is 152 Å². The van der Waals surface area contributed by atoms with Crippen LogP contribution >= 0.6 is 0 Å². The van der Waals surface area contributed by atoms with Gasteiger partial charge < -0.3 is 29.7 Å². The van der Waals surface area contributed by atoms with Gasteiger partial charge in [-0.2, -0.15) is 8.42 Å². The number of aliphatic hydroxyl groups excluding tert-OH is 2. The van der Waals surface area contributed by atoms with E-state index in [2.05, 4.69) is 5.32 Å². The first kappa shape index (κ1) is 21.1. The molecule has 1 heterocycles. The summed E-state index contributed by atoms with van der Waals surface area (Å²) in [5, 5.41) is 21.0.